The minimum absolute atomic E-state index is 0.218. The number of fused-ring (bicyclic) bond motifs is 1. The molecule has 25 heavy (non-hydrogen) atoms. The van der Waals surface area contributed by atoms with Crippen LogP contribution in [0.25, 0.3) is 5.76 Å². The fourth-order valence-corrected chi connectivity index (χ4v) is 3.24. The summed E-state index contributed by atoms with van der Waals surface area (Å²) < 4.78 is 16.5. The molecule has 0 bridgehead atoms. The summed E-state index contributed by atoms with van der Waals surface area (Å²) in [6.07, 6.45) is 0.341. The van der Waals surface area contributed by atoms with Gasteiger partial charge in [-0.3, -0.25) is 0 Å². The maximum atomic E-state index is 12.4. The van der Waals surface area contributed by atoms with Gasteiger partial charge in [0.1, 0.15) is 18.1 Å². The molecule has 2 aliphatic rings. The van der Waals surface area contributed by atoms with Gasteiger partial charge >= 0.3 is 11.9 Å². The van der Waals surface area contributed by atoms with Crippen LogP contribution in [-0.4, -0.2) is 25.2 Å². The van der Waals surface area contributed by atoms with Gasteiger partial charge in [0.05, 0.1) is 17.8 Å². The van der Waals surface area contributed by atoms with E-state index in [1.165, 1.54) is 0 Å². The van der Waals surface area contributed by atoms with Crippen molar-refractivity contribution < 1.29 is 23.8 Å². The molecule has 0 saturated carbocycles. The monoisotopic (exact) mass is 342 g/mol. The maximum Gasteiger partial charge on any atom is 0.338 e. The van der Waals surface area contributed by atoms with Crippen LogP contribution in [0.2, 0.25) is 0 Å². The van der Waals surface area contributed by atoms with Crippen LogP contribution in [0, 0.1) is 12.3 Å². The minimum Gasteiger partial charge on any atom is -0.463 e. The molecule has 2 aliphatic heterocycles. The quantitative estimate of drug-likeness (QED) is 0.787. The molecule has 2 heterocycles. The van der Waals surface area contributed by atoms with Crippen LogP contribution in [0.3, 0.4) is 0 Å². The van der Waals surface area contributed by atoms with Crippen molar-refractivity contribution in [1.82, 2.24) is 0 Å². The third-order valence-corrected chi connectivity index (χ3v) is 4.64. The molecule has 1 aromatic carbocycles. The summed E-state index contributed by atoms with van der Waals surface area (Å²) in [4.78, 5) is 24.8. The topological polar surface area (TPSA) is 61.8 Å². The minimum atomic E-state index is -0.628. The Morgan fingerprint density at radius 2 is 1.92 bits per heavy atom. The summed E-state index contributed by atoms with van der Waals surface area (Å²) in [6, 6.07) is 7.73. The van der Waals surface area contributed by atoms with E-state index < -0.39 is 17.4 Å². The van der Waals surface area contributed by atoms with Gasteiger partial charge in [0, 0.05) is 11.0 Å². The van der Waals surface area contributed by atoms with Gasteiger partial charge in [0.2, 0.25) is 0 Å². The number of rotatable bonds is 3. The van der Waals surface area contributed by atoms with Gasteiger partial charge in [0.15, 0.2) is 0 Å². The first-order chi connectivity index (χ1) is 11.9. The summed E-state index contributed by atoms with van der Waals surface area (Å²) in [5, 5.41) is 0. The SMILES string of the molecule is CCOC(=O)C1=C(C)OC(c2ccc(C)cc2)=C2C(=O)OCC2(C)C1. The van der Waals surface area contributed by atoms with E-state index in [-0.39, 0.29) is 13.2 Å². The zero-order chi connectivity index (χ0) is 18.2. The van der Waals surface area contributed by atoms with Gasteiger partial charge in [-0.05, 0) is 27.2 Å². The van der Waals surface area contributed by atoms with E-state index in [0.29, 0.717) is 29.1 Å². The first kappa shape index (κ1) is 17.3. The number of carbonyl (C=O) groups is 2. The van der Waals surface area contributed by atoms with Crippen LogP contribution < -0.4 is 0 Å². The largest absolute Gasteiger partial charge is 0.463 e. The second-order valence-electron chi connectivity index (χ2n) is 6.74. The molecule has 0 amide bonds. The molecule has 0 radical (unpaired) electrons. The molecule has 0 N–H and O–H groups in total. The van der Waals surface area contributed by atoms with Crippen molar-refractivity contribution in [3.8, 4) is 0 Å². The molecular formula is C20H22O5. The van der Waals surface area contributed by atoms with Crippen LogP contribution >= 0.6 is 0 Å². The van der Waals surface area contributed by atoms with Crippen molar-refractivity contribution in [3.05, 3.63) is 52.3 Å². The highest BCUT2D eigenvalue weighted by Crippen LogP contribution is 2.47. The van der Waals surface area contributed by atoms with E-state index in [1.807, 2.05) is 38.1 Å². The van der Waals surface area contributed by atoms with E-state index >= 15 is 0 Å². The lowest BCUT2D eigenvalue weighted by Gasteiger charge is -2.21. The molecule has 5 nitrogen and oxygen atoms in total. The Kier molecular flexibility index (Phi) is 4.41. The predicted octanol–water partition coefficient (Wildman–Crippen LogP) is 3.53. The number of hydrogen-bond acceptors (Lipinski definition) is 5. The number of carbonyl (C=O) groups excluding carboxylic acids is 2. The van der Waals surface area contributed by atoms with Crippen molar-refractivity contribution in [1.29, 1.82) is 0 Å². The van der Waals surface area contributed by atoms with Gasteiger partial charge in [-0.1, -0.05) is 36.8 Å². The summed E-state index contributed by atoms with van der Waals surface area (Å²) in [5.74, 6) is 0.118. The molecule has 0 spiro atoms. The molecule has 1 saturated heterocycles. The van der Waals surface area contributed by atoms with E-state index in [2.05, 4.69) is 0 Å². The van der Waals surface area contributed by atoms with E-state index in [9.17, 15) is 9.59 Å². The fourth-order valence-electron chi connectivity index (χ4n) is 3.24. The Morgan fingerprint density at radius 3 is 2.56 bits per heavy atom. The summed E-state index contributed by atoms with van der Waals surface area (Å²) in [6.45, 7) is 7.91. The molecule has 0 aromatic heterocycles. The normalized spacial score (nSPS) is 23.0. The molecule has 5 heteroatoms. The zero-order valence-electron chi connectivity index (χ0n) is 15.0. The molecule has 1 unspecified atom stereocenters. The zero-order valence-corrected chi connectivity index (χ0v) is 15.0. The Labute approximate surface area is 147 Å². The lowest BCUT2D eigenvalue weighted by atomic mass is 9.78. The Morgan fingerprint density at radius 1 is 1.24 bits per heavy atom. The van der Waals surface area contributed by atoms with Crippen LogP contribution in [0.5, 0.6) is 0 Å². The van der Waals surface area contributed by atoms with Crippen LogP contribution in [-0.2, 0) is 23.8 Å². The van der Waals surface area contributed by atoms with E-state index in [0.717, 1.165) is 11.1 Å². The van der Waals surface area contributed by atoms with Crippen LogP contribution in [0.4, 0.5) is 0 Å². The van der Waals surface area contributed by atoms with Crippen LogP contribution in [0.1, 0.15) is 38.3 Å². The van der Waals surface area contributed by atoms with Gasteiger partial charge < -0.3 is 14.2 Å². The molecule has 1 atom stereocenters. The van der Waals surface area contributed by atoms with Gasteiger partial charge in [0.25, 0.3) is 0 Å². The Bertz CT molecular complexity index is 785. The average Bonchev–Trinajstić information content (AvgIpc) is 2.80. The van der Waals surface area contributed by atoms with Gasteiger partial charge in [-0.25, -0.2) is 9.59 Å². The van der Waals surface area contributed by atoms with Crippen molar-refractivity contribution >= 4 is 17.7 Å². The lowest BCUT2D eigenvalue weighted by Crippen LogP contribution is -2.23. The predicted molar refractivity (Wildman–Crippen MR) is 92.2 cm³/mol. The van der Waals surface area contributed by atoms with E-state index in [4.69, 9.17) is 14.2 Å². The summed E-state index contributed by atoms with van der Waals surface area (Å²) in [5.41, 5.74) is 2.20. The highest BCUT2D eigenvalue weighted by atomic mass is 16.5. The standard InChI is InChI=1S/C20H22O5/c1-5-23-18(21)15-10-20(4)11-24-19(22)16(20)17(25-13(15)3)14-8-6-12(2)7-9-14/h6-9H,5,10-11H2,1-4H3. The lowest BCUT2D eigenvalue weighted by molar-refractivity contribution is -0.139. The first-order valence-corrected chi connectivity index (χ1v) is 8.39. The second-order valence-corrected chi connectivity index (χ2v) is 6.74. The van der Waals surface area contributed by atoms with Crippen molar-refractivity contribution in [2.24, 2.45) is 5.41 Å². The number of ether oxygens (including phenoxy) is 3. The molecule has 1 fully saturated rings. The van der Waals surface area contributed by atoms with Crippen molar-refractivity contribution in [3.63, 3.8) is 0 Å². The number of esters is 2. The Balaban J connectivity index is 2.14. The number of cyclic esters (lactones) is 1. The highest BCUT2D eigenvalue weighted by Gasteiger charge is 2.48. The van der Waals surface area contributed by atoms with Gasteiger partial charge in [-0.2, -0.15) is 0 Å². The molecule has 132 valence electrons. The highest BCUT2D eigenvalue weighted by molar-refractivity contribution is 6.01. The van der Waals surface area contributed by atoms with Crippen molar-refractivity contribution in [2.75, 3.05) is 13.2 Å². The maximum absolute atomic E-state index is 12.4. The Hall–Kier alpha value is -2.56. The smallest absolute Gasteiger partial charge is 0.338 e. The fraction of sp³-hybridized carbons (Fsp3) is 0.400. The molecular weight excluding hydrogens is 320 g/mol. The molecule has 3 rings (SSSR count). The molecule has 0 aliphatic carbocycles. The average molecular weight is 342 g/mol. The third-order valence-electron chi connectivity index (χ3n) is 4.64. The first-order valence-electron chi connectivity index (χ1n) is 8.39. The van der Waals surface area contributed by atoms with E-state index in [1.54, 1.807) is 13.8 Å². The van der Waals surface area contributed by atoms with Gasteiger partial charge in [-0.15, -0.1) is 0 Å². The number of hydrogen-bond donors (Lipinski definition) is 0. The second kappa shape index (κ2) is 6.39. The third kappa shape index (κ3) is 3.06. The van der Waals surface area contributed by atoms with Crippen molar-refractivity contribution in [2.45, 2.75) is 34.1 Å². The summed E-state index contributed by atoms with van der Waals surface area (Å²) in [7, 11) is 0. The summed E-state index contributed by atoms with van der Waals surface area (Å²) >= 11 is 0. The number of benzene rings is 1. The number of aryl methyl sites for hydroxylation is 1. The number of allylic oxidation sites excluding steroid dienone is 1. The molecule has 1 aromatic rings. The van der Waals surface area contributed by atoms with Crippen LogP contribution in [0.15, 0.2) is 41.2 Å².